The molecule has 2 amide bonds. The van der Waals surface area contributed by atoms with Crippen molar-refractivity contribution in [3.05, 3.63) is 12.2 Å². The molecule has 2 aliphatic rings. The zero-order valence-corrected chi connectivity index (χ0v) is 10.8. The third-order valence-electron chi connectivity index (χ3n) is 2.03. The van der Waals surface area contributed by atoms with Gasteiger partial charge in [0.2, 0.25) is 0 Å². The van der Waals surface area contributed by atoms with Crippen molar-refractivity contribution in [2.45, 2.75) is 6.04 Å². The van der Waals surface area contributed by atoms with Crippen molar-refractivity contribution in [3.63, 3.8) is 0 Å². The van der Waals surface area contributed by atoms with E-state index in [0.29, 0.717) is 18.2 Å². The van der Waals surface area contributed by atoms with E-state index in [4.69, 9.17) is 4.55 Å². The molecule has 1 atom stereocenters. The van der Waals surface area contributed by atoms with E-state index in [9.17, 15) is 13.2 Å². The Kier molecular flexibility index (Phi) is 3.80. The van der Waals surface area contributed by atoms with Crippen molar-refractivity contribution in [2.75, 3.05) is 13.1 Å². The number of urea groups is 1. The summed E-state index contributed by atoms with van der Waals surface area (Å²) in [5.74, 6) is 0. The van der Waals surface area contributed by atoms with Crippen LogP contribution >= 0.6 is 0 Å². The summed E-state index contributed by atoms with van der Waals surface area (Å²) in [5, 5.41) is 0.652. The minimum Gasteiger partial charge on any atom is -1.00 e. The average molecular weight is 244 g/mol. The number of nitrogens with zero attached hydrogens (tertiary/aromatic N) is 2. The summed E-state index contributed by atoms with van der Waals surface area (Å²) in [7, 11) is -4.63. The summed E-state index contributed by atoms with van der Waals surface area (Å²) in [6, 6.07) is -1.00. The number of carbonyl (C=O) groups is 1. The van der Waals surface area contributed by atoms with Crippen LogP contribution in [-0.2, 0) is 14.7 Å². The Morgan fingerprint density at radius 2 is 2.27 bits per heavy atom. The van der Waals surface area contributed by atoms with Gasteiger partial charge in [0.15, 0.2) is 0 Å². The zero-order chi connectivity index (χ0) is 10.3. The first-order chi connectivity index (χ1) is 6.47. The van der Waals surface area contributed by atoms with Crippen LogP contribution in [0.5, 0.6) is 0 Å². The second-order valence-electron chi connectivity index (χ2n) is 3.01. The summed E-state index contributed by atoms with van der Waals surface area (Å²) in [6.45, 7) is 0.811. The summed E-state index contributed by atoms with van der Waals surface area (Å²) >= 11 is 0. The molecule has 9 heteroatoms. The molecule has 2 heterocycles. The Morgan fingerprint density at radius 3 is 2.80 bits per heavy atom. The van der Waals surface area contributed by atoms with Gasteiger partial charge in [-0.2, -0.15) is 13.5 Å². The van der Waals surface area contributed by atoms with Crippen LogP contribution in [0.1, 0.15) is 1.43 Å². The van der Waals surface area contributed by atoms with Gasteiger partial charge in [0.05, 0.1) is 6.04 Å². The molecule has 2 rings (SSSR count). The maximum atomic E-state index is 11.4. The number of fused-ring (bicyclic) bond motifs is 2. The molecule has 15 heavy (non-hydrogen) atoms. The van der Waals surface area contributed by atoms with Gasteiger partial charge in [0.1, 0.15) is 0 Å². The molecule has 1 N–H and O–H groups in total. The summed E-state index contributed by atoms with van der Waals surface area (Å²) in [4.78, 5) is 12.8. The number of amides is 2. The van der Waals surface area contributed by atoms with Crippen molar-refractivity contribution >= 4 is 16.4 Å². The maximum Gasteiger partial charge on any atom is 1.00 e. The smallest absolute Gasteiger partial charge is 1.00 e. The first-order valence-electron chi connectivity index (χ1n) is 3.89. The largest absolute Gasteiger partial charge is 1.00 e. The van der Waals surface area contributed by atoms with Crippen LogP contribution in [0.4, 0.5) is 4.79 Å². The molecule has 80 valence electrons. The molecule has 0 aliphatic carbocycles. The Bertz CT molecular complexity index is 400. The monoisotopic (exact) mass is 244 g/mol. The van der Waals surface area contributed by atoms with E-state index in [0.717, 1.165) is 0 Å². The van der Waals surface area contributed by atoms with Gasteiger partial charge in [-0.3, -0.25) is 4.55 Å². The van der Waals surface area contributed by atoms with Gasteiger partial charge in [0, 0.05) is 13.1 Å². The second kappa shape index (κ2) is 4.40. The van der Waals surface area contributed by atoms with Gasteiger partial charge in [-0.1, -0.05) is 12.2 Å². The van der Waals surface area contributed by atoms with Crippen molar-refractivity contribution in [2.24, 2.45) is 0 Å². The standard InChI is InChI=1S/C6H8N2O5S.Na.H/c9-6-7-3-1-2-5(4-7)8(6)13-14(10,11)12;;/h1-2,5H,3-4H2,(H,10,11,12);;/q;+1;-1. The van der Waals surface area contributed by atoms with Crippen LogP contribution in [-0.4, -0.2) is 48.1 Å². The van der Waals surface area contributed by atoms with Crippen LogP contribution in [0.3, 0.4) is 0 Å². The van der Waals surface area contributed by atoms with E-state index in [1.807, 2.05) is 0 Å². The number of carbonyl (C=O) groups excluding carboxylic acids is 1. The Balaban J connectivity index is 0.00000112. The molecule has 0 radical (unpaired) electrons. The maximum absolute atomic E-state index is 11.4. The summed E-state index contributed by atoms with van der Waals surface area (Å²) < 4.78 is 33.4. The fourth-order valence-corrected chi connectivity index (χ4v) is 1.86. The third-order valence-corrected chi connectivity index (χ3v) is 2.38. The molecule has 0 aromatic heterocycles. The summed E-state index contributed by atoms with van der Waals surface area (Å²) in [6.07, 6.45) is 3.39. The van der Waals surface area contributed by atoms with E-state index in [2.05, 4.69) is 4.28 Å². The Labute approximate surface area is 110 Å². The number of hydrogen-bond acceptors (Lipinski definition) is 4. The molecule has 0 spiro atoms. The van der Waals surface area contributed by atoms with Gasteiger partial charge < -0.3 is 6.33 Å². The Morgan fingerprint density at radius 1 is 1.60 bits per heavy atom. The molecule has 2 aliphatic heterocycles. The van der Waals surface area contributed by atoms with Crippen LogP contribution in [0.15, 0.2) is 12.2 Å². The molecule has 7 nitrogen and oxygen atoms in total. The molecule has 0 aromatic rings. The van der Waals surface area contributed by atoms with E-state index < -0.39 is 22.5 Å². The number of hydroxylamine groups is 2. The van der Waals surface area contributed by atoms with Crippen molar-refractivity contribution in [3.8, 4) is 0 Å². The first kappa shape index (κ1) is 12.9. The minimum atomic E-state index is -4.63. The number of hydrogen-bond donors (Lipinski definition) is 1. The Hall–Kier alpha value is -0.120. The van der Waals surface area contributed by atoms with Gasteiger partial charge in [-0.05, 0) is 0 Å². The zero-order valence-electron chi connectivity index (χ0n) is 9.03. The van der Waals surface area contributed by atoms with Gasteiger partial charge in [0.25, 0.3) is 0 Å². The molecule has 0 saturated carbocycles. The normalized spacial score (nSPS) is 24.3. The van der Waals surface area contributed by atoms with E-state index >= 15 is 0 Å². The SMILES string of the molecule is O=C1N2CC=CC(C2)N1OS(=O)(=O)O.[H-].[Na+]. The van der Waals surface area contributed by atoms with Crippen molar-refractivity contribution in [1.82, 2.24) is 9.96 Å². The van der Waals surface area contributed by atoms with Gasteiger partial charge >= 0.3 is 46.0 Å². The minimum absolute atomic E-state index is 0. The summed E-state index contributed by atoms with van der Waals surface area (Å²) in [5.41, 5.74) is 0. The van der Waals surface area contributed by atoms with Crippen LogP contribution in [0.2, 0.25) is 0 Å². The topological polar surface area (TPSA) is 87.2 Å². The number of rotatable bonds is 2. The second-order valence-corrected chi connectivity index (χ2v) is 4.02. The molecule has 1 fully saturated rings. The quantitative estimate of drug-likeness (QED) is 0.309. The molecular formula is C6H9N2NaO5S. The predicted molar refractivity (Wildman–Crippen MR) is 45.5 cm³/mol. The van der Waals surface area contributed by atoms with Crippen molar-refractivity contribution < 1.29 is 53.0 Å². The first-order valence-corrected chi connectivity index (χ1v) is 5.26. The van der Waals surface area contributed by atoms with Crippen LogP contribution in [0.25, 0.3) is 0 Å². The predicted octanol–water partition coefficient (Wildman–Crippen LogP) is -3.49. The van der Waals surface area contributed by atoms with Crippen LogP contribution < -0.4 is 29.6 Å². The average Bonchev–Trinajstić information content (AvgIpc) is 2.28. The fraction of sp³-hybridized carbons (Fsp3) is 0.500. The molecule has 2 bridgehead atoms. The molecule has 1 saturated heterocycles. The molecular weight excluding hydrogens is 235 g/mol. The van der Waals surface area contributed by atoms with E-state index in [-0.39, 0.29) is 31.0 Å². The fourth-order valence-electron chi connectivity index (χ4n) is 1.48. The third kappa shape index (κ3) is 2.71. The van der Waals surface area contributed by atoms with E-state index in [1.165, 1.54) is 4.90 Å². The van der Waals surface area contributed by atoms with Crippen molar-refractivity contribution in [1.29, 1.82) is 0 Å². The molecule has 1 unspecified atom stereocenters. The van der Waals surface area contributed by atoms with Gasteiger partial charge in [-0.25, -0.2) is 4.79 Å². The molecule has 0 aromatic carbocycles. The van der Waals surface area contributed by atoms with Gasteiger partial charge in [-0.15, -0.1) is 4.28 Å². The van der Waals surface area contributed by atoms with E-state index in [1.54, 1.807) is 12.2 Å². The van der Waals surface area contributed by atoms with Crippen LogP contribution in [0, 0.1) is 0 Å².